The van der Waals surface area contributed by atoms with Crippen LogP contribution in [0.2, 0.25) is 8.86 Å². The molecule has 8 nitrogen and oxygen atoms in total. The van der Waals surface area contributed by atoms with Crippen LogP contribution in [-0.2, 0) is 92.8 Å². The van der Waals surface area contributed by atoms with Crippen molar-refractivity contribution in [3.63, 3.8) is 0 Å². The summed E-state index contributed by atoms with van der Waals surface area (Å²) in [5.41, 5.74) is 16.8. The molecule has 2 unspecified atom stereocenters. The maximum atomic E-state index is 8.67. The molecule has 0 aliphatic heterocycles. The molecule has 2 aromatic carbocycles. The van der Waals surface area contributed by atoms with Crippen molar-refractivity contribution in [2.75, 3.05) is 0 Å². The first kappa shape index (κ1) is 44.0. The van der Waals surface area contributed by atoms with E-state index in [9.17, 15) is 0 Å². The Balaban J connectivity index is -0.000000127. The normalized spacial score (nSPS) is 10.8. The molecule has 2 atom stereocenters. The van der Waals surface area contributed by atoms with E-state index < -0.39 is 24.7 Å². The topological polar surface area (TPSA) is 194 Å². The Morgan fingerprint density at radius 1 is 0.636 bits per heavy atom. The zero-order chi connectivity index (χ0) is 23.4. The molecule has 33 heavy (non-hydrogen) atoms. The van der Waals surface area contributed by atoms with Gasteiger partial charge in [0.25, 0.3) is 0 Å². The van der Waals surface area contributed by atoms with Crippen LogP contribution >= 0.6 is 0 Å². The van der Waals surface area contributed by atoms with Gasteiger partial charge in [0.05, 0.1) is 0 Å². The fourth-order valence-electron chi connectivity index (χ4n) is 2.23. The minimum absolute atomic E-state index is 0. The van der Waals surface area contributed by atoms with Crippen molar-refractivity contribution in [1.82, 2.24) is 0 Å². The predicted molar refractivity (Wildman–Crippen MR) is 123 cm³/mol. The van der Waals surface area contributed by atoms with E-state index in [2.05, 4.69) is 8.86 Å². The van der Waals surface area contributed by atoms with Crippen molar-refractivity contribution >= 4 is 0 Å². The first-order chi connectivity index (χ1) is 14.4. The van der Waals surface area contributed by atoms with E-state index in [1.165, 1.54) is 0 Å². The predicted octanol–water partition coefficient (Wildman–Crippen LogP) is 3.75. The van der Waals surface area contributed by atoms with Gasteiger partial charge in [-0.25, -0.2) is 0 Å². The van der Waals surface area contributed by atoms with E-state index in [1.807, 2.05) is 60.7 Å². The monoisotopic (exact) mass is 1030 g/mol. The number of nitrogens with two attached hydrogens (primary N) is 1. The van der Waals surface area contributed by atoms with E-state index in [-0.39, 0.29) is 39.3 Å². The summed E-state index contributed by atoms with van der Waals surface area (Å²) in [5.74, 6) is 0. The van der Waals surface area contributed by atoms with Crippen molar-refractivity contribution < 1.29 is 106 Å². The van der Waals surface area contributed by atoms with E-state index in [1.54, 1.807) is 0 Å². The number of benzene rings is 2. The Kier molecular flexibility index (Phi) is 41.2. The first-order valence-corrected chi connectivity index (χ1v) is 21.0. The molecule has 0 aliphatic rings. The summed E-state index contributed by atoms with van der Waals surface area (Å²) in [6, 6.07) is 17.9. The maximum absolute atomic E-state index is 8.67. The minimum atomic E-state index is -1.52. The molecule has 177 valence electrons. The zero-order valence-electron chi connectivity index (χ0n) is 19.9. The van der Waals surface area contributed by atoms with Crippen molar-refractivity contribution in [2.45, 2.75) is 59.2 Å². The van der Waals surface area contributed by atoms with Gasteiger partial charge in [0, 0.05) is 0 Å². The summed E-state index contributed by atoms with van der Waals surface area (Å²) < 4.78 is 4.39. The smallest absolute Gasteiger partial charge is 0.693 e. The number of rotatable bonds is 8. The van der Waals surface area contributed by atoms with E-state index in [0.29, 0.717) is 25.7 Å². The summed E-state index contributed by atoms with van der Waals surface area (Å²) in [6.45, 7) is 0. The van der Waals surface area contributed by atoms with Gasteiger partial charge in [0.1, 0.15) is 12.6 Å². The van der Waals surface area contributed by atoms with Crippen LogP contribution in [0.3, 0.4) is 0 Å². The molecule has 0 spiro atoms. The Morgan fingerprint density at radius 2 is 0.879 bits per heavy atom. The van der Waals surface area contributed by atoms with Gasteiger partial charge in [-0.3, -0.25) is 0 Å². The van der Waals surface area contributed by atoms with Gasteiger partial charge in [0.15, 0.2) is 0 Å². The fraction of sp³-hybridized carbons (Fsp3) is 0.455. The quantitative estimate of drug-likeness (QED) is 0.232. The molecule has 0 fully saturated rings. The second-order valence-corrected chi connectivity index (χ2v) is 6.09. The van der Waals surface area contributed by atoms with Crippen LogP contribution in [0, 0.1) is 0 Å². The van der Waals surface area contributed by atoms with Gasteiger partial charge in [-0.05, 0) is 24.0 Å². The van der Waals surface area contributed by atoms with E-state index in [4.69, 9.17) is 31.9 Å². The number of hydrogen-bond acceptors (Lipinski definition) is 4. The molecule has 0 bridgehead atoms. The molecule has 10 N–H and O–H groups in total. The van der Waals surface area contributed by atoms with Gasteiger partial charge < -0.3 is 43.5 Å². The first-order valence-electron chi connectivity index (χ1n) is 10.0. The van der Waals surface area contributed by atoms with Crippen LogP contribution < -0.4 is 0 Å². The van der Waals surface area contributed by atoms with Gasteiger partial charge in [-0.15, -0.1) is 0 Å². The van der Waals surface area contributed by atoms with Crippen molar-refractivity contribution in [3.8, 4) is 0 Å². The number of aliphatic hydroxyl groups is 4. The Hall–Kier alpha value is 0.925. The van der Waals surface area contributed by atoms with Gasteiger partial charge in [-0.2, -0.15) is 0 Å². The van der Waals surface area contributed by atoms with Gasteiger partial charge >= 0.3 is 88.8 Å². The third-order valence-corrected chi connectivity index (χ3v) is 3.89. The van der Waals surface area contributed by atoms with Crippen LogP contribution in [-0.4, -0.2) is 50.6 Å². The summed E-state index contributed by atoms with van der Waals surface area (Å²) in [7, 11) is 0. The van der Waals surface area contributed by atoms with Crippen LogP contribution in [0.1, 0.15) is 24.0 Å². The van der Waals surface area contributed by atoms with Crippen molar-refractivity contribution in [1.29, 1.82) is 0 Å². The minimum Gasteiger partial charge on any atom is -0.693 e. The number of nitrogens with one attached hydrogen (secondary N) is 2. The van der Waals surface area contributed by atoms with Gasteiger partial charge in [0.2, 0.25) is 0 Å². The molecule has 0 amide bonds. The second kappa shape index (κ2) is 31.0. The SMILES string of the molecule is O.[CH3][Hg+].[CH3][Hg+].[Hg+].[NH-]C(CCc1ccccc1)C(O)O.[NH-]C(CCc1ccccc1)C(O)O.[NH2-]. The maximum Gasteiger partial charge on any atom is 1.00 e. The van der Waals surface area contributed by atoms with E-state index in [0.717, 1.165) is 63.4 Å². The average molecular weight is 1030 g/mol. The molecule has 0 saturated carbocycles. The van der Waals surface area contributed by atoms with Gasteiger partial charge in [-0.1, -0.05) is 85.6 Å². The molecule has 0 heterocycles. The summed E-state index contributed by atoms with van der Waals surface area (Å²) >= 11 is 2.06. The third-order valence-electron chi connectivity index (χ3n) is 3.89. The summed E-state index contributed by atoms with van der Waals surface area (Å²) in [4.78, 5) is 0. The fourth-order valence-corrected chi connectivity index (χ4v) is 2.23. The number of aliphatic hydroxyl groups excluding tert-OH is 2. The average Bonchev–Trinajstić information content (AvgIpc) is 2.80. The molecule has 2 rings (SSSR count). The summed E-state index contributed by atoms with van der Waals surface area (Å²) in [6.07, 6.45) is -0.671. The second-order valence-electron chi connectivity index (χ2n) is 6.09. The zero-order valence-corrected chi connectivity index (χ0v) is 36.4. The summed E-state index contributed by atoms with van der Waals surface area (Å²) in [5, 5.41) is 34.7. The molecule has 2 aromatic rings. The molecule has 1 radical (unpaired) electrons. The molecule has 0 saturated heterocycles. The standard InChI is InChI=1S/2C10H14NO2.2CH3.3Hg.H2N.H2O/c2*11-9(10(12)13)7-6-8-4-2-1-3-5-8;;;;;;;/h2*1-5,9-13H,6-7H2;2*1H3;;;;2*1H2/q2*-1;;;3*+1;-1;. The Morgan fingerprint density at radius 3 is 1.09 bits per heavy atom. The molecular weight excluding hydrogens is 988 g/mol. The molecular formula is C22H38Hg3N3O5. The van der Waals surface area contributed by atoms with Crippen LogP contribution in [0.4, 0.5) is 0 Å². The Bertz CT molecular complexity index is 547. The number of hydrogen-bond donors (Lipinski definition) is 4. The molecule has 0 aliphatic carbocycles. The Labute approximate surface area is 251 Å². The number of aryl methyl sites for hydroxylation is 2. The third kappa shape index (κ3) is 25.8. The molecule has 0 aromatic heterocycles. The van der Waals surface area contributed by atoms with Crippen LogP contribution in [0.5, 0.6) is 0 Å². The van der Waals surface area contributed by atoms with Crippen molar-refractivity contribution in [3.05, 3.63) is 89.4 Å². The van der Waals surface area contributed by atoms with Crippen molar-refractivity contribution in [2.24, 2.45) is 0 Å². The largest absolute Gasteiger partial charge is 1.00 e. The van der Waals surface area contributed by atoms with Crippen LogP contribution in [0.25, 0.3) is 17.6 Å². The molecule has 11 heteroatoms. The van der Waals surface area contributed by atoms with Crippen LogP contribution in [0.15, 0.2) is 60.7 Å². The van der Waals surface area contributed by atoms with E-state index >= 15 is 0 Å².